The molecule has 1 atom stereocenters. The van der Waals surface area contributed by atoms with Crippen LogP contribution in [0.5, 0.6) is 0 Å². The number of carbonyl (C=O) groups is 2. The van der Waals surface area contributed by atoms with Gasteiger partial charge in [0.15, 0.2) is 6.39 Å². The molecule has 2 saturated heterocycles. The fraction of sp³-hybridized carbons (Fsp3) is 0.706. The molecule has 1 saturated carbocycles. The number of piperidine rings is 1. The summed E-state index contributed by atoms with van der Waals surface area (Å²) in [6, 6.07) is 0. The van der Waals surface area contributed by atoms with Gasteiger partial charge in [0.05, 0.1) is 17.7 Å². The smallest absolute Gasteiger partial charge is 0.291 e. The van der Waals surface area contributed by atoms with Crippen molar-refractivity contribution in [1.82, 2.24) is 14.8 Å². The summed E-state index contributed by atoms with van der Waals surface area (Å²) in [4.78, 5) is 32.1. The number of alkyl halides is 2. The fourth-order valence-corrected chi connectivity index (χ4v) is 4.09. The first-order valence-electron chi connectivity index (χ1n) is 8.66. The summed E-state index contributed by atoms with van der Waals surface area (Å²) >= 11 is 0. The van der Waals surface area contributed by atoms with E-state index < -0.39 is 30.2 Å². The van der Waals surface area contributed by atoms with Gasteiger partial charge in [0, 0.05) is 26.1 Å². The van der Waals surface area contributed by atoms with Crippen LogP contribution in [0.25, 0.3) is 0 Å². The molecule has 3 heterocycles. The van der Waals surface area contributed by atoms with Crippen molar-refractivity contribution >= 4 is 11.8 Å². The molecule has 1 aliphatic carbocycles. The van der Waals surface area contributed by atoms with Gasteiger partial charge in [-0.1, -0.05) is 0 Å². The van der Waals surface area contributed by atoms with Crippen molar-refractivity contribution in [3.8, 4) is 0 Å². The number of hydrogen-bond acceptors (Lipinski definition) is 4. The van der Waals surface area contributed by atoms with Crippen LogP contribution in [0.4, 0.5) is 8.78 Å². The molecular formula is C17H21F2N3O3. The molecule has 0 radical (unpaired) electrons. The minimum Gasteiger partial charge on any atom is -0.438 e. The topological polar surface area (TPSA) is 66.7 Å². The molecule has 0 unspecified atom stereocenters. The molecular weight excluding hydrogens is 332 g/mol. The van der Waals surface area contributed by atoms with Gasteiger partial charge in [0.2, 0.25) is 11.7 Å². The Hall–Kier alpha value is -1.99. The molecule has 25 heavy (non-hydrogen) atoms. The molecule has 8 heteroatoms. The van der Waals surface area contributed by atoms with E-state index in [1.54, 1.807) is 11.8 Å². The first kappa shape index (κ1) is 16.5. The molecule has 0 bridgehead atoms. The van der Waals surface area contributed by atoms with Crippen LogP contribution >= 0.6 is 0 Å². The Kier molecular flexibility index (Phi) is 3.63. The zero-order valence-electron chi connectivity index (χ0n) is 14.1. The van der Waals surface area contributed by atoms with Gasteiger partial charge in [-0.2, -0.15) is 0 Å². The number of amides is 2. The third-order valence-corrected chi connectivity index (χ3v) is 5.52. The van der Waals surface area contributed by atoms with Crippen molar-refractivity contribution in [2.45, 2.75) is 38.5 Å². The van der Waals surface area contributed by atoms with Gasteiger partial charge in [-0.15, -0.1) is 0 Å². The predicted octanol–water partition coefficient (Wildman–Crippen LogP) is 2.09. The summed E-state index contributed by atoms with van der Waals surface area (Å²) in [7, 11) is 0. The fourth-order valence-electron chi connectivity index (χ4n) is 4.09. The van der Waals surface area contributed by atoms with Crippen LogP contribution in [0.3, 0.4) is 0 Å². The Bertz CT molecular complexity index is 716. The normalized spacial score (nSPS) is 28.8. The summed E-state index contributed by atoms with van der Waals surface area (Å²) in [6.45, 7) is 2.06. The lowest BCUT2D eigenvalue weighted by Gasteiger charge is -2.42. The molecule has 0 aromatic carbocycles. The number of aromatic nitrogens is 1. The van der Waals surface area contributed by atoms with Gasteiger partial charge in [0.25, 0.3) is 11.8 Å². The van der Waals surface area contributed by atoms with Crippen molar-refractivity contribution in [2.24, 2.45) is 11.3 Å². The molecule has 0 N–H and O–H groups in total. The second-order valence-corrected chi connectivity index (χ2v) is 7.69. The Morgan fingerprint density at radius 2 is 2.16 bits per heavy atom. The van der Waals surface area contributed by atoms with E-state index in [1.165, 1.54) is 0 Å². The van der Waals surface area contributed by atoms with Crippen molar-refractivity contribution in [3.05, 3.63) is 17.8 Å². The maximum Gasteiger partial charge on any atom is 0.291 e. The highest BCUT2D eigenvalue weighted by molar-refractivity contribution is 5.93. The third kappa shape index (κ3) is 2.91. The number of nitrogens with zero attached hydrogens (tertiary/aromatic N) is 3. The largest absolute Gasteiger partial charge is 0.438 e. The van der Waals surface area contributed by atoms with Crippen molar-refractivity contribution in [2.75, 3.05) is 26.2 Å². The number of rotatable bonds is 3. The molecule has 2 aliphatic heterocycles. The maximum atomic E-state index is 14.4. The molecule has 3 fully saturated rings. The lowest BCUT2D eigenvalue weighted by molar-refractivity contribution is -0.151. The Morgan fingerprint density at radius 3 is 2.80 bits per heavy atom. The Labute approximate surface area is 144 Å². The molecule has 1 aromatic rings. The maximum absolute atomic E-state index is 14.4. The number of likely N-dealkylation sites (tertiary alicyclic amines) is 2. The monoisotopic (exact) mass is 353 g/mol. The quantitative estimate of drug-likeness (QED) is 0.835. The second-order valence-electron chi connectivity index (χ2n) is 7.69. The summed E-state index contributed by atoms with van der Waals surface area (Å²) < 4.78 is 33.9. The van der Waals surface area contributed by atoms with Crippen molar-refractivity contribution < 1.29 is 22.8 Å². The van der Waals surface area contributed by atoms with E-state index in [4.69, 9.17) is 4.42 Å². The summed E-state index contributed by atoms with van der Waals surface area (Å²) in [5, 5.41) is 0. The van der Waals surface area contributed by atoms with Crippen molar-refractivity contribution in [1.29, 1.82) is 0 Å². The lowest BCUT2D eigenvalue weighted by atomic mass is 9.77. The summed E-state index contributed by atoms with van der Waals surface area (Å²) in [5.74, 6) is -3.47. The summed E-state index contributed by atoms with van der Waals surface area (Å²) in [6.07, 6.45) is 3.20. The predicted molar refractivity (Wildman–Crippen MR) is 83.1 cm³/mol. The second kappa shape index (κ2) is 5.51. The summed E-state index contributed by atoms with van der Waals surface area (Å²) in [5.41, 5.74) is -0.818. The van der Waals surface area contributed by atoms with E-state index in [-0.39, 0.29) is 18.2 Å². The molecule has 2 amide bonds. The number of oxazole rings is 1. The van der Waals surface area contributed by atoms with Gasteiger partial charge in [0.1, 0.15) is 0 Å². The van der Waals surface area contributed by atoms with E-state index in [0.29, 0.717) is 31.1 Å². The number of carbonyl (C=O) groups excluding carboxylic acids is 2. The zero-order chi connectivity index (χ0) is 17.8. The number of halogens is 2. The van der Waals surface area contributed by atoms with Gasteiger partial charge in [-0.05, 0) is 32.1 Å². The average molecular weight is 353 g/mol. The Balaban J connectivity index is 1.58. The first-order chi connectivity index (χ1) is 11.8. The molecule has 3 aliphatic rings. The minimum atomic E-state index is -3.09. The van der Waals surface area contributed by atoms with E-state index in [9.17, 15) is 18.4 Å². The van der Waals surface area contributed by atoms with E-state index in [0.717, 1.165) is 24.1 Å². The lowest BCUT2D eigenvalue weighted by Crippen LogP contribution is -2.57. The highest BCUT2D eigenvalue weighted by Gasteiger charge is 2.58. The highest BCUT2D eigenvalue weighted by Crippen LogP contribution is 2.46. The van der Waals surface area contributed by atoms with Crippen LogP contribution < -0.4 is 0 Å². The van der Waals surface area contributed by atoms with Gasteiger partial charge < -0.3 is 14.2 Å². The molecule has 1 aromatic heterocycles. The van der Waals surface area contributed by atoms with Crippen LogP contribution in [-0.2, 0) is 4.79 Å². The standard InChI is InChI=1S/C17H21F2N3O3/c1-11-13(25-10-20-11)14(23)22-8-16(7-17(18,19)9-22)4-5-21(15(16)24)6-12-2-3-12/h10,12H,2-9H2,1H3/t16-/m0/s1. The minimum absolute atomic E-state index is 0.0154. The Morgan fingerprint density at radius 1 is 1.40 bits per heavy atom. The van der Waals surface area contributed by atoms with Gasteiger partial charge >= 0.3 is 0 Å². The zero-order valence-corrected chi connectivity index (χ0v) is 14.1. The SMILES string of the molecule is Cc1ncoc1C(=O)N1CC(F)(F)C[C@@]2(CCN(CC3CC3)C2=O)C1. The average Bonchev–Trinajstić information content (AvgIpc) is 3.20. The number of aryl methyl sites for hydroxylation is 1. The van der Waals surface area contributed by atoms with Crippen LogP contribution in [0, 0.1) is 18.3 Å². The molecule has 136 valence electrons. The third-order valence-electron chi connectivity index (χ3n) is 5.52. The molecule has 1 spiro atoms. The molecule has 6 nitrogen and oxygen atoms in total. The first-order valence-corrected chi connectivity index (χ1v) is 8.66. The van der Waals surface area contributed by atoms with Crippen molar-refractivity contribution in [3.63, 3.8) is 0 Å². The van der Waals surface area contributed by atoms with E-state index in [1.807, 2.05) is 0 Å². The van der Waals surface area contributed by atoms with Crippen LogP contribution in [0.2, 0.25) is 0 Å². The number of hydrogen-bond donors (Lipinski definition) is 0. The van der Waals surface area contributed by atoms with E-state index in [2.05, 4.69) is 4.98 Å². The van der Waals surface area contributed by atoms with Crippen LogP contribution in [0.1, 0.15) is 41.9 Å². The highest BCUT2D eigenvalue weighted by atomic mass is 19.3. The van der Waals surface area contributed by atoms with Gasteiger partial charge in [-0.25, -0.2) is 13.8 Å². The van der Waals surface area contributed by atoms with E-state index >= 15 is 0 Å². The van der Waals surface area contributed by atoms with Gasteiger partial charge in [-0.3, -0.25) is 9.59 Å². The van der Waals surface area contributed by atoms with Crippen LogP contribution in [-0.4, -0.2) is 58.7 Å². The van der Waals surface area contributed by atoms with Crippen LogP contribution in [0.15, 0.2) is 10.8 Å². The molecule has 4 rings (SSSR count).